The predicted octanol–water partition coefficient (Wildman–Crippen LogP) is 3.70. The minimum atomic E-state index is 0.0958. The summed E-state index contributed by atoms with van der Waals surface area (Å²) >= 11 is 11.9. The summed E-state index contributed by atoms with van der Waals surface area (Å²) in [6, 6.07) is 4.96. The van der Waals surface area contributed by atoms with E-state index in [9.17, 15) is 0 Å². The number of nitrogens with two attached hydrogens (primary N) is 1. The minimum absolute atomic E-state index is 0.0958. The first-order valence-electron chi connectivity index (χ1n) is 4.57. The van der Waals surface area contributed by atoms with Crippen LogP contribution in [0.5, 0.6) is 0 Å². The van der Waals surface area contributed by atoms with E-state index in [1.165, 1.54) is 6.20 Å². The second kappa shape index (κ2) is 4.65. The van der Waals surface area contributed by atoms with Crippen molar-refractivity contribution in [2.24, 2.45) is 5.11 Å². The van der Waals surface area contributed by atoms with Crippen molar-refractivity contribution >= 4 is 34.8 Å². The molecule has 0 saturated heterocycles. The van der Waals surface area contributed by atoms with Crippen LogP contribution in [0.2, 0.25) is 10.0 Å². The molecule has 0 spiro atoms. The highest BCUT2D eigenvalue weighted by atomic mass is 35.5. The lowest BCUT2D eigenvalue weighted by atomic mass is 10.1. The van der Waals surface area contributed by atoms with E-state index >= 15 is 0 Å². The minimum Gasteiger partial charge on any atom is -0.368 e. The Morgan fingerprint density at radius 1 is 1.29 bits per heavy atom. The maximum absolute atomic E-state index is 7.05. The van der Waals surface area contributed by atoms with Crippen LogP contribution in [-0.4, -0.2) is 9.97 Å². The molecule has 2 rings (SSSR count). The second-order valence-electron chi connectivity index (χ2n) is 3.20. The zero-order valence-electron chi connectivity index (χ0n) is 8.48. The van der Waals surface area contributed by atoms with Gasteiger partial charge in [-0.1, -0.05) is 23.2 Å². The third-order valence-corrected chi connectivity index (χ3v) is 2.64. The van der Waals surface area contributed by atoms with Gasteiger partial charge in [0.15, 0.2) is 0 Å². The molecule has 3 N–H and O–H groups in total. The fourth-order valence-corrected chi connectivity index (χ4v) is 1.85. The molecule has 17 heavy (non-hydrogen) atoms. The van der Waals surface area contributed by atoms with Gasteiger partial charge in [0.25, 0.3) is 0 Å². The number of benzene rings is 1. The summed E-state index contributed by atoms with van der Waals surface area (Å²) in [6.07, 6.45) is 1.37. The van der Waals surface area contributed by atoms with Crippen molar-refractivity contribution in [2.45, 2.75) is 0 Å². The molecule has 0 amide bonds. The van der Waals surface area contributed by atoms with Crippen LogP contribution in [0.3, 0.4) is 0 Å². The number of hydrogen-bond donors (Lipinski definition) is 2. The first kappa shape index (κ1) is 11.8. The summed E-state index contributed by atoms with van der Waals surface area (Å²) in [5, 5.41) is 4.27. The van der Waals surface area contributed by atoms with Gasteiger partial charge in [0, 0.05) is 10.6 Å². The number of nitrogens with one attached hydrogen (secondary N) is 1. The fourth-order valence-electron chi connectivity index (χ4n) is 1.35. The Balaban J connectivity index is 2.66. The van der Waals surface area contributed by atoms with E-state index in [1.807, 2.05) is 0 Å². The zero-order valence-corrected chi connectivity index (χ0v) is 10.00. The van der Waals surface area contributed by atoms with Crippen LogP contribution in [0.25, 0.3) is 11.3 Å². The molecule has 0 fully saturated rings. The van der Waals surface area contributed by atoms with E-state index in [-0.39, 0.29) is 5.95 Å². The molecule has 1 heterocycles. The average molecular weight is 268 g/mol. The van der Waals surface area contributed by atoms with E-state index in [1.54, 1.807) is 18.2 Å². The lowest BCUT2D eigenvalue weighted by molar-refractivity contribution is 1.10. The van der Waals surface area contributed by atoms with Gasteiger partial charge < -0.3 is 5.73 Å². The molecule has 0 aliphatic rings. The van der Waals surface area contributed by atoms with Gasteiger partial charge in [0.2, 0.25) is 5.95 Å². The Hall–Kier alpha value is -1.72. The van der Waals surface area contributed by atoms with Crippen molar-refractivity contribution in [1.29, 1.82) is 5.53 Å². The van der Waals surface area contributed by atoms with Crippen LogP contribution in [0.4, 0.5) is 11.6 Å². The van der Waals surface area contributed by atoms with Crippen molar-refractivity contribution < 1.29 is 0 Å². The molecule has 0 bridgehead atoms. The smallest absolute Gasteiger partial charge is 0.220 e. The van der Waals surface area contributed by atoms with E-state index < -0.39 is 0 Å². The molecule has 0 saturated carbocycles. The van der Waals surface area contributed by atoms with Crippen LogP contribution >= 0.6 is 23.2 Å². The number of rotatable bonds is 2. The molecular formula is C10H7Cl2N5. The van der Waals surface area contributed by atoms with Gasteiger partial charge in [-0.3, -0.25) is 0 Å². The van der Waals surface area contributed by atoms with Crippen molar-refractivity contribution in [1.82, 2.24) is 9.97 Å². The van der Waals surface area contributed by atoms with Crippen LogP contribution in [-0.2, 0) is 0 Å². The molecule has 2 aromatic rings. The van der Waals surface area contributed by atoms with E-state index in [2.05, 4.69) is 15.1 Å². The van der Waals surface area contributed by atoms with Crippen molar-refractivity contribution in [3.63, 3.8) is 0 Å². The molecule has 86 valence electrons. The Bertz CT molecular complexity index is 585. The predicted molar refractivity (Wildman–Crippen MR) is 66.7 cm³/mol. The maximum atomic E-state index is 7.05. The quantitative estimate of drug-likeness (QED) is 0.814. The van der Waals surface area contributed by atoms with Gasteiger partial charge in [0.05, 0.1) is 11.2 Å². The Kier molecular flexibility index (Phi) is 3.21. The summed E-state index contributed by atoms with van der Waals surface area (Å²) < 4.78 is 0. The lowest BCUT2D eigenvalue weighted by Crippen LogP contribution is -1.96. The summed E-state index contributed by atoms with van der Waals surface area (Å²) in [5.74, 6) is 0.0958. The summed E-state index contributed by atoms with van der Waals surface area (Å²) in [7, 11) is 0. The molecule has 0 unspecified atom stereocenters. The Morgan fingerprint density at radius 3 is 2.71 bits per heavy atom. The van der Waals surface area contributed by atoms with Crippen molar-refractivity contribution in [3.05, 3.63) is 34.4 Å². The molecule has 0 aliphatic carbocycles. The van der Waals surface area contributed by atoms with Gasteiger partial charge in [-0.05, 0) is 18.2 Å². The monoisotopic (exact) mass is 267 g/mol. The van der Waals surface area contributed by atoms with Crippen LogP contribution in [0.1, 0.15) is 0 Å². The molecule has 0 atom stereocenters. The van der Waals surface area contributed by atoms with E-state index in [0.29, 0.717) is 27.0 Å². The van der Waals surface area contributed by atoms with Gasteiger partial charge in [-0.2, -0.15) is 5.11 Å². The Labute approximate surface area is 107 Å². The number of anilines is 1. The normalized spacial score (nSPS) is 10.2. The first-order chi connectivity index (χ1) is 8.11. The summed E-state index contributed by atoms with van der Waals surface area (Å²) in [6.45, 7) is 0. The number of halogens is 2. The average Bonchev–Trinajstić information content (AvgIpc) is 2.29. The molecule has 7 heteroatoms. The maximum Gasteiger partial charge on any atom is 0.220 e. The summed E-state index contributed by atoms with van der Waals surface area (Å²) in [5.41, 5.74) is 13.9. The molecule has 1 aromatic heterocycles. The first-order valence-corrected chi connectivity index (χ1v) is 5.33. The number of nitrogens with zero attached hydrogens (tertiary/aromatic N) is 3. The summed E-state index contributed by atoms with van der Waals surface area (Å²) in [4.78, 5) is 7.80. The Morgan fingerprint density at radius 2 is 2.06 bits per heavy atom. The topological polar surface area (TPSA) is 88.0 Å². The highest BCUT2D eigenvalue weighted by molar-refractivity contribution is 6.36. The SMILES string of the molecule is N=Nc1cnc(N)nc1-c1ccc(Cl)cc1Cl. The molecule has 0 radical (unpaired) electrons. The largest absolute Gasteiger partial charge is 0.368 e. The molecule has 0 aliphatic heterocycles. The van der Waals surface area contributed by atoms with Crippen LogP contribution in [0, 0.1) is 5.53 Å². The van der Waals surface area contributed by atoms with Gasteiger partial charge in [-0.25, -0.2) is 15.5 Å². The number of aromatic nitrogens is 2. The van der Waals surface area contributed by atoms with Gasteiger partial charge in [0.1, 0.15) is 11.4 Å². The van der Waals surface area contributed by atoms with Gasteiger partial charge >= 0.3 is 0 Å². The van der Waals surface area contributed by atoms with E-state index in [0.717, 1.165) is 0 Å². The fraction of sp³-hybridized carbons (Fsp3) is 0. The van der Waals surface area contributed by atoms with Gasteiger partial charge in [-0.15, -0.1) is 0 Å². The standard InChI is InChI=1S/C10H7Cl2N5/c11-5-1-2-6(7(12)3-5)9-8(17-14)4-15-10(13)16-9/h1-4,14H,(H2,13,15,16). The van der Waals surface area contributed by atoms with E-state index in [4.69, 9.17) is 34.5 Å². The number of nitrogen functional groups attached to an aromatic ring is 1. The zero-order chi connectivity index (χ0) is 12.4. The highest BCUT2D eigenvalue weighted by Crippen LogP contribution is 2.34. The lowest BCUT2D eigenvalue weighted by Gasteiger charge is -2.06. The molecular weight excluding hydrogens is 261 g/mol. The second-order valence-corrected chi connectivity index (χ2v) is 4.04. The molecule has 5 nitrogen and oxygen atoms in total. The third kappa shape index (κ3) is 2.35. The highest BCUT2D eigenvalue weighted by Gasteiger charge is 2.12. The van der Waals surface area contributed by atoms with Crippen molar-refractivity contribution in [3.8, 4) is 11.3 Å². The van der Waals surface area contributed by atoms with Crippen molar-refractivity contribution in [2.75, 3.05) is 5.73 Å². The van der Waals surface area contributed by atoms with Crippen LogP contribution < -0.4 is 5.73 Å². The third-order valence-electron chi connectivity index (χ3n) is 2.09. The van der Waals surface area contributed by atoms with Crippen LogP contribution in [0.15, 0.2) is 29.5 Å². The molecule has 1 aromatic carbocycles. The number of hydrogen-bond acceptors (Lipinski definition) is 5.